The second-order valence-electron chi connectivity index (χ2n) is 11.7. The van der Waals surface area contributed by atoms with Crippen LogP contribution in [0.4, 0.5) is 33.7 Å². The monoisotopic (exact) mass is 607 g/mol. The molecule has 13 heteroatoms. The topological polar surface area (TPSA) is 94.5 Å². The molecule has 3 aliphatic rings. The molecule has 0 bridgehead atoms. The summed E-state index contributed by atoms with van der Waals surface area (Å²) in [7, 11) is 1.98. The number of aliphatic imine (C=N–C) groups is 1. The molecule has 0 aromatic heterocycles. The number of ether oxygens (including phenoxy) is 1. The van der Waals surface area contributed by atoms with Gasteiger partial charge in [-0.1, -0.05) is 19.9 Å². The Morgan fingerprint density at radius 1 is 1.16 bits per heavy atom. The van der Waals surface area contributed by atoms with Crippen molar-refractivity contribution in [3.8, 4) is 0 Å². The van der Waals surface area contributed by atoms with Gasteiger partial charge in [0.2, 0.25) is 5.91 Å². The van der Waals surface area contributed by atoms with Crippen LogP contribution in [0.15, 0.2) is 34.9 Å². The predicted octanol–water partition coefficient (Wildman–Crippen LogP) is 4.89. The van der Waals surface area contributed by atoms with E-state index in [0.717, 1.165) is 0 Å². The van der Waals surface area contributed by atoms with Crippen LogP contribution in [0.2, 0.25) is 0 Å². The van der Waals surface area contributed by atoms with Crippen LogP contribution in [0.1, 0.15) is 39.7 Å². The normalized spacial score (nSPS) is 23.3. The van der Waals surface area contributed by atoms with E-state index in [1.807, 2.05) is 39.6 Å². The lowest BCUT2D eigenvalue weighted by molar-refractivity contribution is -0.124. The number of benzene rings is 1. The van der Waals surface area contributed by atoms with Gasteiger partial charge in [-0.15, -0.1) is 0 Å². The number of hydrogen-bond acceptors (Lipinski definition) is 6. The number of alkyl halides is 3. The summed E-state index contributed by atoms with van der Waals surface area (Å²) in [5.41, 5.74) is -0.0955. The van der Waals surface area contributed by atoms with Crippen molar-refractivity contribution < 1.29 is 36.7 Å². The van der Waals surface area contributed by atoms with Gasteiger partial charge < -0.3 is 19.9 Å². The second kappa shape index (κ2) is 12.9. The van der Waals surface area contributed by atoms with Gasteiger partial charge in [0, 0.05) is 56.1 Å². The quantitative estimate of drug-likeness (QED) is 0.463. The van der Waals surface area contributed by atoms with Crippen molar-refractivity contribution in [2.75, 3.05) is 50.1 Å². The lowest BCUT2D eigenvalue weighted by atomic mass is 9.95. The van der Waals surface area contributed by atoms with Crippen molar-refractivity contribution in [2.45, 2.75) is 52.4 Å². The third-order valence-corrected chi connectivity index (χ3v) is 7.97. The number of amides is 3. The van der Waals surface area contributed by atoms with Crippen LogP contribution in [0.5, 0.6) is 0 Å². The van der Waals surface area contributed by atoms with Gasteiger partial charge >= 0.3 is 12.3 Å². The van der Waals surface area contributed by atoms with Crippen LogP contribution in [-0.4, -0.2) is 92.0 Å². The van der Waals surface area contributed by atoms with E-state index in [-0.39, 0.29) is 48.9 Å². The summed E-state index contributed by atoms with van der Waals surface area (Å²) in [6.07, 6.45) is -2.39. The van der Waals surface area contributed by atoms with E-state index in [0.29, 0.717) is 43.1 Å². The third kappa shape index (κ3) is 7.43. The Kier molecular flexibility index (Phi) is 9.63. The molecule has 3 amide bonds. The molecule has 43 heavy (non-hydrogen) atoms. The van der Waals surface area contributed by atoms with Crippen molar-refractivity contribution in [1.29, 1.82) is 0 Å². The number of dihydropyridines is 1. The number of likely N-dealkylation sites (N-methyl/N-ethyl adjacent to an activating group) is 1. The van der Waals surface area contributed by atoms with E-state index >= 15 is 4.39 Å². The van der Waals surface area contributed by atoms with Crippen molar-refractivity contribution in [3.63, 3.8) is 0 Å². The first-order chi connectivity index (χ1) is 20.1. The molecule has 9 nitrogen and oxygen atoms in total. The van der Waals surface area contributed by atoms with Crippen molar-refractivity contribution >= 4 is 41.1 Å². The lowest BCUT2D eigenvalue weighted by Gasteiger charge is -2.44. The van der Waals surface area contributed by atoms with E-state index < -0.39 is 41.4 Å². The van der Waals surface area contributed by atoms with Crippen LogP contribution in [0, 0.1) is 17.7 Å². The zero-order valence-electron chi connectivity index (χ0n) is 24.9. The highest BCUT2D eigenvalue weighted by molar-refractivity contribution is 6.11. The minimum atomic E-state index is -4.93. The number of anilines is 2. The highest BCUT2D eigenvalue weighted by Gasteiger charge is 2.43. The van der Waals surface area contributed by atoms with Gasteiger partial charge in [0.05, 0.1) is 23.6 Å². The van der Waals surface area contributed by atoms with E-state index in [1.165, 1.54) is 17.0 Å². The van der Waals surface area contributed by atoms with Gasteiger partial charge in [-0.25, -0.2) is 14.2 Å². The molecule has 1 aromatic rings. The standard InChI is InChI=1S/C30H37F4N5O4/c1-17(2)16-43-29(42)38-8-6-20(7-9-38)21-10-25(26(12-24(21)31)39-14-18(3)37(5)19(4)15-39)36-28(41)22-13-35-27(40)11-23(22)30(32,33)34/h6,10-13,17-19,22H,7-9,14-16H2,1-5H3,(H,36,41)/t18-,19+,22?. The molecule has 1 saturated heterocycles. The van der Waals surface area contributed by atoms with Crippen molar-refractivity contribution in [3.05, 3.63) is 41.2 Å². The number of halogens is 4. The maximum Gasteiger partial charge on any atom is 0.414 e. The maximum atomic E-state index is 15.7. The van der Waals surface area contributed by atoms with E-state index in [1.54, 1.807) is 6.08 Å². The van der Waals surface area contributed by atoms with Gasteiger partial charge in [-0.3, -0.25) is 14.5 Å². The van der Waals surface area contributed by atoms with Gasteiger partial charge in [-0.05, 0) is 50.9 Å². The minimum absolute atomic E-state index is 0.0776. The Balaban J connectivity index is 1.67. The summed E-state index contributed by atoms with van der Waals surface area (Å²) in [5, 5.41) is 2.58. The Morgan fingerprint density at radius 3 is 2.42 bits per heavy atom. The zero-order chi connectivity index (χ0) is 31.6. The van der Waals surface area contributed by atoms with E-state index in [2.05, 4.69) is 15.2 Å². The van der Waals surface area contributed by atoms with E-state index in [4.69, 9.17) is 4.74 Å². The summed E-state index contributed by atoms with van der Waals surface area (Å²) >= 11 is 0. The minimum Gasteiger partial charge on any atom is -0.449 e. The van der Waals surface area contributed by atoms with Gasteiger partial charge in [0.15, 0.2) is 0 Å². The average Bonchev–Trinajstić information content (AvgIpc) is 2.94. The van der Waals surface area contributed by atoms with Gasteiger partial charge in [0.25, 0.3) is 5.91 Å². The molecule has 3 aliphatic heterocycles. The molecule has 0 aliphatic carbocycles. The van der Waals surface area contributed by atoms with Gasteiger partial charge in [-0.2, -0.15) is 13.2 Å². The number of hydrogen-bond donors (Lipinski definition) is 1. The molecule has 0 saturated carbocycles. The summed E-state index contributed by atoms with van der Waals surface area (Å²) in [6.45, 7) is 9.60. The molecule has 1 aromatic carbocycles. The lowest BCUT2D eigenvalue weighted by Crippen LogP contribution is -2.55. The molecule has 1 N–H and O–H groups in total. The molecule has 3 heterocycles. The first kappa shape index (κ1) is 32.2. The Labute approximate surface area is 248 Å². The third-order valence-electron chi connectivity index (χ3n) is 7.97. The van der Waals surface area contributed by atoms with Crippen LogP contribution in [-0.2, 0) is 14.3 Å². The number of carbonyl (C=O) groups excluding carboxylic acids is 3. The number of rotatable bonds is 6. The fourth-order valence-electron chi connectivity index (χ4n) is 5.35. The smallest absolute Gasteiger partial charge is 0.414 e. The SMILES string of the molecule is CC(C)COC(=O)N1CC=C(c2cc(NC(=O)C3C=NC(=O)C=C3C(F)(F)F)c(N3C[C@@H](C)N(C)[C@@H](C)C3)cc2F)CC1. The summed E-state index contributed by atoms with van der Waals surface area (Å²) in [5.74, 6) is -4.40. The van der Waals surface area contributed by atoms with Gasteiger partial charge in [0.1, 0.15) is 11.7 Å². The molecular weight excluding hydrogens is 570 g/mol. The highest BCUT2D eigenvalue weighted by atomic mass is 19.4. The number of nitrogens with zero attached hydrogens (tertiary/aromatic N) is 4. The first-order valence-electron chi connectivity index (χ1n) is 14.2. The highest BCUT2D eigenvalue weighted by Crippen LogP contribution is 2.38. The number of nitrogens with one attached hydrogen (secondary N) is 1. The molecule has 234 valence electrons. The van der Waals surface area contributed by atoms with Crippen LogP contribution < -0.4 is 10.2 Å². The summed E-state index contributed by atoms with van der Waals surface area (Å²) in [4.78, 5) is 46.2. The summed E-state index contributed by atoms with van der Waals surface area (Å²) < 4.78 is 62.2. The van der Waals surface area contributed by atoms with Crippen molar-refractivity contribution in [1.82, 2.24) is 9.80 Å². The fraction of sp³-hybridized carbons (Fsp3) is 0.533. The average molecular weight is 608 g/mol. The molecular formula is C30H37F4N5O4. The first-order valence-corrected chi connectivity index (χ1v) is 14.2. The molecule has 0 spiro atoms. The molecule has 3 atom stereocenters. The van der Waals surface area contributed by atoms with Crippen molar-refractivity contribution in [2.24, 2.45) is 16.8 Å². The fourth-order valence-corrected chi connectivity index (χ4v) is 5.35. The van der Waals surface area contributed by atoms with Crippen LogP contribution in [0.25, 0.3) is 5.57 Å². The Morgan fingerprint density at radius 2 is 1.84 bits per heavy atom. The second-order valence-corrected chi connectivity index (χ2v) is 11.7. The Hall–Kier alpha value is -3.74. The molecule has 4 rings (SSSR count). The van der Waals surface area contributed by atoms with Crippen LogP contribution in [0.3, 0.4) is 0 Å². The zero-order valence-corrected chi connectivity index (χ0v) is 24.9. The molecule has 1 fully saturated rings. The largest absolute Gasteiger partial charge is 0.449 e. The number of carbonyl (C=O) groups is 3. The maximum absolute atomic E-state index is 15.7. The number of piperazine rings is 1. The molecule has 1 unspecified atom stereocenters. The van der Waals surface area contributed by atoms with E-state index in [9.17, 15) is 27.6 Å². The van der Waals surface area contributed by atoms with Crippen LogP contribution >= 0.6 is 0 Å². The predicted molar refractivity (Wildman–Crippen MR) is 155 cm³/mol. The Bertz CT molecular complexity index is 1340. The molecule has 0 radical (unpaired) electrons. The summed E-state index contributed by atoms with van der Waals surface area (Å²) in [6, 6.07) is 2.87.